The minimum atomic E-state index is -1.97. The van der Waals surface area contributed by atoms with Crippen LogP contribution in [0.2, 0.25) is 0 Å². The summed E-state index contributed by atoms with van der Waals surface area (Å²) in [6.45, 7) is 16.4. The molecule has 2 fully saturated rings. The SMILES string of the molecule is CC[C@H]1OC(=O)[C@H](C)[C@@H](OC(=O)Cc2ccncc2)[C@H](C)[C@@H](OC2O[C@@H](C)C[C@@H](N(C)CC)[C@@H]2OC)[C@](C)(OC)C[C@@H](C)C(=O)[C@@H](C)[C@@H](O)[C@]1(C)O. The smallest absolute Gasteiger partial charge is 0.312 e. The van der Waals surface area contributed by atoms with Gasteiger partial charge in [-0.15, -0.1) is 0 Å². The molecule has 2 aliphatic heterocycles. The van der Waals surface area contributed by atoms with Crippen molar-refractivity contribution in [3.63, 3.8) is 0 Å². The number of pyridine rings is 1. The van der Waals surface area contributed by atoms with E-state index in [9.17, 15) is 24.6 Å². The number of aliphatic hydroxyl groups excluding tert-OH is 1. The Kier molecular flexibility index (Phi) is 15.8. The molecule has 2 saturated heterocycles. The number of cyclic esters (lactones) is 1. The van der Waals surface area contributed by atoms with E-state index >= 15 is 0 Å². The highest BCUT2D eigenvalue weighted by Gasteiger charge is 2.53. The Hall–Kier alpha value is -2.52. The minimum Gasteiger partial charge on any atom is -0.461 e. The van der Waals surface area contributed by atoms with E-state index in [1.54, 1.807) is 59.3 Å². The standard InChI is InChI=1S/C39H64N2O11/c1-13-29-39(9,46)34(44)24(5)31(43)22(3)21-38(8,48-12)35(52-37-33(47-11)28(41(10)14-2)19-23(4)49-37)25(6)32(26(7)36(45)50-29)51-30(42)20-27-15-17-40-18-16-27/h15-18,22-26,28-29,32-35,37,44,46H,13-14,19-21H2,1-12H3/t22-,23+,24-,25+,26-,28-,29-,32+,33+,34-,35-,37?,38-,39-/m1/s1. The second-order valence-corrected chi connectivity index (χ2v) is 15.4. The van der Waals surface area contributed by atoms with Crippen molar-refractivity contribution < 1.29 is 53.0 Å². The molecule has 1 aromatic heterocycles. The maximum absolute atomic E-state index is 14.1. The van der Waals surface area contributed by atoms with Gasteiger partial charge in [0.25, 0.3) is 0 Å². The van der Waals surface area contributed by atoms with Gasteiger partial charge in [-0.25, -0.2) is 0 Å². The third kappa shape index (κ3) is 9.96. The Morgan fingerprint density at radius 1 is 1.04 bits per heavy atom. The number of nitrogens with zero attached hydrogens (tertiary/aromatic N) is 2. The molecule has 0 bridgehead atoms. The van der Waals surface area contributed by atoms with Crippen molar-refractivity contribution in [2.24, 2.45) is 23.7 Å². The van der Waals surface area contributed by atoms with Gasteiger partial charge in [0.2, 0.25) is 0 Å². The molecule has 1 unspecified atom stereocenters. The molecule has 0 radical (unpaired) electrons. The van der Waals surface area contributed by atoms with Gasteiger partial charge >= 0.3 is 11.9 Å². The first kappa shape index (κ1) is 43.9. The number of Topliss-reactive ketones (excluding diaryl/α,β-unsaturated/α-hetero) is 1. The third-order valence-corrected chi connectivity index (χ3v) is 11.5. The van der Waals surface area contributed by atoms with Crippen LogP contribution >= 0.6 is 0 Å². The molecule has 52 heavy (non-hydrogen) atoms. The molecule has 3 heterocycles. The van der Waals surface area contributed by atoms with Gasteiger partial charge in [-0.1, -0.05) is 34.6 Å². The average Bonchev–Trinajstić information content (AvgIpc) is 3.12. The van der Waals surface area contributed by atoms with Gasteiger partial charge in [0.05, 0.1) is 36.3 Å². The fourth-order valence-electron chi connectivity index (χ4n) is 8.05. The number of hydrogen-bond acceptors (Lipinski definition) is 13. The molecule has 0 amide bonds. The van der Waals surface area contributed by atoms with Crippen LogP contribution in [0.5, 0.6) is 0 Å². The summed E-state index contributed by atoms with van der Waals surface area (Å²) < 4.78 is 37.8. The molecular weight excluding hydrogens is 672 g/mol. The van der Waals surface area contributed by atoms with Crippen molar-refractivity contribution in [1.29, 1.82) is 0 Å². The van der Waals surface area contributed by atoms with Crippen LogP contribution in [-0.4, -0.2) is 126 Å². The number of ketones is 1. The van der Waals surface area contributed by atoms with Crippen molar-refractivity contribution in [2.45, 2.75) is 148 Å². The van der Waals surface area contributed by atoms with Crippen LogP contribution in [0.3, 0.4) is 0 Å². The number of rotatable bonds is 10. The van der Waals surface area contributed by atoms with Gasteiger partial charge in [0, 0.05) is 50.4 Å². The highest BCUT2D eigenvalue weighted by molar-refractivity contribution is 5.83. The number of carbonyl (C=O) groups excluding carboxylic acids is 3. The summed E-state index contributed by atoms with van der Waals surface area (Å²) in [5.74, 6) is -5.15. The highest BCUT2D eigenvalue weighted by Crippen LogP contribution is 2.40. The molecule has 13 heteroatoms. The van der Waals surface area contributed by atoms with Crippen LogP contribution in [0.4, 0.5) is 0 Å². The summed E-state index contributed by atoms with van der Waals surface area (Å²) in [6, 6.07) is 3.37. The molecule has 2 N–H and O–H groups in total. The van der Waals surface area contributed by atoms with Crippen molar-refractivity contribution in [3.05, 3.63) is 30.1 Å². The molecule has 14 atom stereocenters. The summed E-state index contributed by atoms with van der Waals surface area (Å²) in [6.07, 6.45) is -2.33. The molecule has 3 rings (SSSR count). The normalized spacial score (nSPS) is 39.8. The van der Waals surface area contributed by atoms with Crippen molar-refractivity contribution in [1.82, 2.24) is 9.88 Å². The molecular formula is C39H64N2O11. The molecule has 296 valence electrons. The lowest BCUT2D eigenvalue weighted by Crippen LogP contribution is -2.61. The van der Waals surface area contributed by atoms with Crippen molar-refractivity contribution in [2.75, 3.05) is 27.8 Å². The lowest BCUT2D eigenvalue weighted by Gasteiger charge is -2.49. The zero-order valence-electron chi connectivity index (χ0n) is 33.2. The molecule has 0 saturated carbocycles. The van der Waals surface area contributed by atoms with Gasteiger partial charge in [0.1, 0.15) is 29.7 Å². The predicted molar refractivity (Wildman–Crippen MR) is 193 cm³/mol. The molecule has 0 spiro atoms. The first-order valence-electron chi connectivity index (χ1n) is 18.7. The second-order valence-electron chi connectivity index (χ2n) is 15.4. The minimum absolute atomic E-state index is 0.0455. The lowest BCUT2D eigenvalue weighted by atomic mass is 9.74. The summed E-state index contributed by atoms with van der Waals surface area (Å²) in [7, 11) is 5.15. The molecule has 0 aliphatic carbocycles. The van der Waals surface area contributed by atoms with E-state index in [4.69, 9.17) is 28.4 Å². The van der Waals surface area contributed by atoms with Gasteiger partial charge in [0.15, 0.2) is 6.29 Å². The Labute approximate surface area is 310 Å². The van der Waals surface area contributed by atoms with Crippen molar-refractivity contribution in [3.8, 4) is 0 Å². The van der Waals surface area contributed by atoms with Crippen molar-refractivity contribution >= 4 is 17.7 Å². The van der Waals surface area contributed by atoms with E-state index in [-0.39, 0.29) is 37.2 Å². The second kappa shape index (κ2) is 18.7. The van der Waals surface area contributed by atoms with Crippen LogP contribution in [0, 0.1) is 23.7 Å². The largest absolute Gasteiger partial charge is 0.461 e. The fraction of sp³-hybridized carbons (Fsp3) is 0.795. The summed E-state index contributed by atoms with van der Waals surface area (Å²) >= 11 is 0. The number of aliphatic hydroxyl groups is 2. The molecule has 2 aliphatic rings. The van der Waals surface area contributed by atoms with E-state index in [0.29, 0.717) is 12.0 Å². The Bertz CT molecular complexity index is 1310. The van der Waals surface area contributed by atoms with Gasteiger partial charge in [-0.2, -0.15) is 0 Å². The number of carbonyl (C=O) groups is 3. The zero-order chi connectivity index (χ0) is 39.1. The first-order valence-corrected chi connectivity index (χ1v) is 18.7. The lowest BCUT2D eigenvalue weighted by molar-refractivity contribution is -0.305. The maximum atomic E-state index is 14.1. The van der Waals surface area contributed by atoms with E-state index in [2.05, 4.69) is 16.8 Å². The predicted octanol–water partition coefficient (Wildman–Crippen LogP) is 3.75. The Balaban J connectivity index is 2.21. The summed E-state index contributed by atoms with van der Waals surface area (Å²) in [5.41, 5.74) is -2.52. The number of esters is 2. The van der Waals surface area contributed by atoms with E-state index in [1.807, 2.05) is 27.8 Å². The maximum Gasteiger partial charge on any atom is 0.312 e. The molecule has 0 aromatic carbocycles. The number of ether oxygens (including phenoxy) is 6. The number of likely N-dealkylation sites (N-methyl/N-ethyl adjacent to an activating group) is 1. The number of hydrogen-bond donors (Lipinski definition) is 2. The Morgan fingerprint density at radius 2 is 1.67 bits per heavy atom. The van der Waals surface area contributed by atoms with Crippen LogP contribution in [-0.2, 0) is 49.2 Å². The summed E-state index contributed by atoms with van der Waals surface area (Å²) in [5, 5.41) is 23.0. The van der Waals surface area contributed by atoms with Gasteiger partial charge in [-0.3, -0.25) is 19.4 Å². The van der Waals surface area contributed by atoms with Crippen LogP contribution in [0.25, 0.3) is 0 Å². The monoisotopic (exact) mass is 736 g/mol. The summed E-state index contributed by atoms with van der Waals surface area (Å²) in [4.78, 5) is 47.9. The van der Waals surface area contributed by atoms with Crippen LogP contribution < -0.4 is 0 Å². The van der Waals surface area contributed by atoms with E-state index in [0.717, 1.165) is 6.54 Å². The van der Waals surface area contributed by atoms with Crippen LogP contribution in [0.15, 0.2) is 24.5 Å². The van der Waals surface area contributed by atoms with Gasteiger partial charge in [-0.05, 0) is 78.2 Å². The third-order valence-electron chi connectivity index (χ3n) is 11.5. The molecule has 13 nitrogen and oxygen atoms in total. The number of methoxy groups -OCH3 is 2. The van der Waals surface area contributed by atoms with Crippen LogP contribution in [0.1, 0.15) is 87.1 Å². The topological polar surface area (TPSA) is 163 Å². The quantitative estimate of drug-likeness (QED) is 0.335. The first-order chi connectivity index (χ1) is 24.4. The average molecular weight is 737 g/mol. The highest BCUT2D eigenvalue weighted by atomic mass is 16.7. The van der Waals surface area contributed by atoms with E-state index in [1.165, 1.54) is 14.0 Å². The fourth-order valence-corrected chi connectivity index (χ4v) is 8.05. The Morgan fingerprint density at radius 3 is 2.23 bits per heavy atom. The molecule has 1 aromatic rings. The number of aromatic nitrogens is 1. The van der Waals surface area contributed by atoms with Gasteiger partial charge < -0.3 is 43.5 Å². The van der Waals surface area contributed by atoms with E-state index < -0.39 is 83.6 Å². The zero-order valence-corrected chi connectivity index (χ0v) is 33.2.